The third-order valence-corrected chi connectivity index (χ3v) is 4.91. The van der Waals surface area contributed by atoms with Gasteiger partial charge in [0.1, 0.15) is 11.8 Å². The van der Waals surface area contributed by atoms with Crippen molar-refractivity contribution in [1.82, 2.24) is 4.98 Å². The van der Waals surface area contributed by atoms with E-state index in [4.69, 9.17) is 16.3 Å². The molecule has 0 radical (unpaired) electrons. The molecule has 26 heavy (non-hydrogen) atoms. The van der Waals surface area contributed by atoms with Gasteiger partial charge in [-0.3, -0.25) is 14.9 Å². The Balaban J connectivity index is 1.61. The van der Waals surface area contributed by atoms with E-state index in [1.165, 1.54) is 6.07 Å². The maximum Gasteiger partial charge on any atom is 0.316 e. The molecule has 0 N–H and O–H groups in total. The Morgan fingerprint density at radius 3 is 2.73 bits per heavy atom. The van der Waals surface area contributed by atoms with Crippen molar-refractivity contribution < 1.29 is 14.5 Å². The summed E-state index contributed by atoms with van der Waals surface area (Å²) in [6.07, 6.45) is 0. The monoisotopic (exact) mass is 388 g/mol. The first-order valence-corrected chi connectivity index (χ1v) is 8.97. The van der Waals surface area contributed by atoms with Gasteiger partial charge in [0.05, 0.1) is 21.1 Å². The number of carbonyl (C=O) groups is 1. The number of halogens is 1. The number of nitrogens with zero attached hydrogens (tertiary/aromatic N) is 2. The van der Waals surface area contributed by atoms with E-state index in [0.29, 0.717) is 10.5 Å². The van der Waals surface area contributed by atoms with E-state index in [1.807, 2.05) is 30.3 Å². The van der Waals surface area contributed by atoms with Crippen LogP contribution < -0.4 is 0 Å². The van der Waals surface area contributed by atoms with E-state index in [1.54, 1.807) is 18.2 Å². The van der Waals surface area contributed by atoms with Crippen LogP contribution in [-0.2, 0) is 16.1 Å². The Labute approximate surface area is 158 Å². The fraction of sp³-hybridized carbons (Fsp3) is 0.111. The summed E-state index contributed by atoms with van der Waals surface area (Å²) >= 11 is 7.19. The molecule has 2 aromatic carbocycles. The molecule has 0 unspecified atom stereocenters. The Hall–Kier alpha value is -2.64. The van der Waals surface area contributed by atoms with Gasteiger partial charge < -0.3 is 4.74 Å². The SMILES string of the molecule is O=C(CSc1ccccc1[N+](=O)[O-])OCc1cc2ccccc2nc1Cl. The van der Waals surface area contributed by atoms with Crippen molar-refractivity contribution in [3.8, 4) is 0 Å². The number of ether oxygens (including phenoxy) is 1. The molecule has 0 saturated heterocycles. The zero-order chi connectivity index (χ0) is 18.5. The third kappa shape index (κ3) is 4.30. The average molecular weight is 389 g/mol. The van der Waals surface area contributed by atoms with Gasteiger partial charge in [0, 0.05) is 17.0 Å². The number of rotatable bonds is 6. The van der Waals surface area contributed by atoms with Crippen molar-refractivity contribution in [2.24, 2.45) is 0 Å². The minimum absolute atomic E-state index is 0.00700. The van der Waals surface area contributed by atoms with Crippen molar-refractivity contribution in [2.45, 2.75) is 11.5 Å². The zero-order valence-electron chi connectivity index (χ0n) is 13.4. The molecule has 0 saturated carbocycles. The highest BCUT2D eigenvalue weighted by Crippen LogP contribution is 2.28. The lowest BCUT2D eigenvalue weighted by Crippen LogP contribution is -2.08. The second-order valence-corrected chi connectivity index (χ2v) is 6.68. The van der Waals surface area contributed by atoms with Crippen LogP contribution in [-0.4, -0.2) is 21.6 Å². The molecule has 132 valence electrons. The normalized spacial score (nSPS) is 10.7. The van der Waals surface area contributed by atoms with E-state index in [-0.39, 0.29) is 23.2 Å². The van der Waals surface area contributed by atoms with Crippen LogP contribution in [0.5, 0.6) is 0 Å². The first kappa shape index (κ1) is 18.2. The molecule has 3 aromatic rings. The Morgan fingerprint density at radius 1 is 1.19 bits per heavy atom. The third-order valence-electron chi connectivity index (χ3n) is 3.55. The van der Waals surface area contributed by atoms with E-state index in [2.05, 4.69) is 4.98 Å². The number of esters is 1. The first-order chi connectivity index (χ1) is 12.5. The number of benzene rings is 2. The summed E-state index contributed by atoms with van der Waals surface area (Å²) in [7, 11) is 0. The molecule has 0 fully saturated rings. The van der Waals surface area contributed by atoms with Gasteiger partial charge in [0.15, 0.2) is 0 Å². The summed E-state index contributed by atoms with van der Waals surface area (Å²) in [4.78, 5) is 27.2. The van der Waals surface area contributed by atoms with Gasteiger partial charge in [-0.05, 0) is 18.2 Å². The number of para-hydroxylation sites is 2. The van der Waals surface area contributed by atoms with Crippen LogP contribution in [0, 0.1) is 10.1 Å². The summed E-state index contributed by atoms with van der Waals surface area (Å²) in [5.41, 5.74) is 1.33. The van der Waals surface area contributed by atoms with Gasteiger partial charge >= 0.3 is 5.97 Å². The minimum atomic E-state index is -0.489. The van der Waals surface area contributed by atoms with Gasteiger partial charge in [-0.1, -0.05) is 41.9 Å². The molecule has 3 rings (SSSR count). The van der Waals surface area contributed by atoms with E-state index in [9.17, 15) is 14.9 Å². The largest absolute Gasteiger partial charge is 0.460 e. The molecule has 0 atom stereocenters. The highest BCUT2D eigenvalue weighted by molar-refractivity contribution is 8.00. The molecule has 0 amide bonds. The van der Waals surface area contributed by atoms with Crippen LogP contribution in [0.2, 0.25) is 5.15 Å². The summed E-state index contributed by atoms with van der Waals surface area (Å²) in [5.74, 6) is -0.527. The quantitative estimate of drug-likeness (QED) is 0.201. The number of fused-ring (bicyclic) bond motifs is 1. The fourth-order valence-electron chi connectivity index (χ4n) is 2.30. The van der Waals surface area contributed by atoms with E-state index >= 15 is 0 Å². The number of thioether (sulfide) groups is 1. The number of hydrogen-bond donors (Lipinski definition) is 0. The summed E-state index contributed by atoms with van der Waals surface area (Å²) in [6.45, 7) is -0.00700. The standard InChI is InChI=1S/C18H13ClN2O4S/c19-18-13(9-12-5-1-2-6-14(12)20-18)10-25-17(22)11-26-16-8-4-3-7-15(16)21(23)24/h1-9H,10-11H2. The number of aromatic nitrogens is 1. The second kappa shape index (κ2) is 8.16. The molecule has 1 heterocycles. The van der Waals surface area contributed by atoms with E-state index < -0.39 is 10.9 Å². The van der Waals surface area contributed by atoms with Gasteiger partial charge in [-0.25, -0.2) is 4.98 Å². The van der Waals surface area contributed by atoms with Crippen molar-refractivity contribution in [2.75, 3.05) is 5.75 Å². The highest BCUT2D eigenvalue weighted by atomic mass is 35.5. The maximum absolute atomic E-state index is 12.0. The summed E-state index contributed by atoms with van der Waals surface area (Å²) in [6, 6.07) is 15.6. The number of pyridine rings is 1. The van der Waals surface area contributed by atoms with Crippen LogP contribution in [0.1, 0.15) is 5.56 Å². The fourth-order valence-corrected chi connectivity index (χ4v) is 3.33. The lowest BCUT2D eigenvalue weighted by Gasteiger charge is -2.08. The molecule has 0 aliphatic carbocycles. The van der Waals surface area contributed by atoms with Crippen molar-refractivity contribution in [3.63, 3.8) is 0 Å². The topological polar surface area (TPSA) is 82.3 Å². The molecule has 0 spiro atoms. The van der Waals surface area contributed by atoms with Gasteiger partial charge in [-0.2, -0.15) is 0 Å². The van der Waals surface area contributed by atoms with Gasteiger partial charge in [0.25, 0.3) is 5.69 Å². The number of nitro groups is 1. The molecular formula is C18H13ClN2O4S. The second-order valence-electron chi connectivity index (χ2n) is 5.31. The van der Waals surface area contributed by atoms with Crippen LogP contribution in [0.25, 0.3) is 10.9 Å². The summed E-state index contributed by atoms with van der Waals surface area (Å²) < 4.78 is 5.23. The van der Waals surface area contributed by atoms with Crippen LogP contribution >= 0.6 is 23.4 Å². The van der Waals surface area contributed by atoms with Crippen molar-refractivity contribution in [1.29, 1.82) is 0 Å². The number of nitro benzene ring substituents is 1. The first-order valence-electron chi connectivity index (χ1n) is 7.60. The number of hydrogen-bond acceptors (Lipinski definition) is 6. The zero-order valence-corrected chi connectivity index (χ0v) is 15.0. The number of carbonyl (C=O) groups excluding carboxylic acids is 1. The molecule has 1 aromatic heterocycles. The van der Waals surface area contributed by atoms with E-state index in [0.717, 1.165) is 22.7 Å². The lowest BCUT2D eigenvalue weighted by atomic mass is 10.2. The van der Waals surface area contributed by atoms with Gasteiger partial charge in [0.2, 0.25) is 0 Å². The maximum atomic E-state index is 12.0. The predicted molar refractivity (Wildman–Crippen MR) is 100 cm³/mol. The Bertz CT molecular complexity index is 980. The molecule has 8 heteroatoms. The Morgan fingerprint density at radius 2 is 1.92 bits per heavy atom. The van der Waals surface area contributed by atoms with Gasteiger partial charge in [-0.15, -0.1) is 11.8 Å². The van der Waals surface area contributed by atoms with Crippen molar-refractivity contribution >= 4 is 45.9 Å². The molecule has 0 aliphatic rings. The molecule has 6 nitrogen and oxygen atoms in total. The smallest absolute Gasteiger partial charge is 0.316 e. The molecular weight excluding hydrogens is 376 g/mol. The minimum Gasteiger partial charge on any atom is -0.460 e. The Kier molecular flexibility index (Phi) is 5.70. The van der Waals surface area contributed by atoms with Crippen molar-refractivity contribution in [3.05, 3.63) is 75.4 Å². The predicted octanol–water partition coefficient (Wildman–Crippen LogP) is 4.63. The summed E-state index contributed by atoms with van der Waals surface area (Å²) in [5, 5.41) is 12.2. The van der Waals surface area contributed by atoms with Crippen LogP contribution in [0.4, 0.5) is 5.69 Å². The molecule has 0 bridgehead atoms. The highest BCUT2D eigenvalue weighted by Gasteiger charge is 2.15. The molecule has 0 aliphatic heterocycles. The lowest BCUT2D eigenvalue weighted by molar-refractivity contribution is -0.387. The van der Waals surface area contributed by atoms with Crippen LogP contribution in [0.3, 0.4) is 0 Å². The average Bonchev–Trinajstić information content (AvgIpc) is 2.64. The van der Waals surface area contributed by atoms with Crippen LogP contribution in [0.15, 0.2) is 59.5 Å².